The molecular weight excluding hydrogens is 319 g/mol. The maximum atomic E-state index is 11.9. The topological polar surface area (TPSA) is 41.1 Å². The highest BCUT2D eigenvalue weighted by Crippen LogP contribution is 2.20. The van der Waals surface area contributed by atoms with Crippen molar-refractivity contribution in [2.45, 2.75) is 19.9 Å². The lowest BCUT2D eigenvalue weighted by atomic mass is 10.2. The van der Waals surface area contributed by atoms with Crippen LogP contribution in [-0.4, -0.2) is 12.5 Å². The van der Waals surface area contributed by atoms with E-state index in [1.165, 1.54) is 0 Å². The number of hydrogen-bond donors (Lipinski definition) is 2. The van der Waals surface area contributed by atoms with Crippen molar-refractivity contribution in [1.29, 1.82) is 0 Å². The van der Waals surface area contributed by atoms with Crippen LogP contribution in [0.3, 0.4) is 0 Å². The summed E-state index contributed by atoms with van der Waals surface area (Å²) in [4.78, 5) is 11.9. The van der Waals surface area contributed by atoms with Gasteiger partial charge in [-0.3, -0.25) is 4.79 Å². The van der Waals surface area contributed by atoms with Crippen molar-refractivity contribution < 1.29 is 4.79 Å². The third kappa shape index (κ3) is 5.02. The smallest absolute Gasteiger partial charge is 0.225 e. The molecule has 0 heterocycles. The first-order valence-electron chi connectivity index (χ1n) is 7.06. The molecule has 2 rings (SSSR count). The Bertz CT molecular complexity index is 659. The number of carbonyl (C=O) groups excluding carboxylic acids is 1. The normalized spacial score (nSPS) is 10.5. The third-order valence-electron chi connectivity index (χ3n) is 3.28. The first-order valence-corrected chi connectivity index (χ1v) is 7.82. The van der Waals surface area contributed by atoms with Gasteiger partial charge in [0.1, 0.15) is 0 Å². The SMILES string of the molecule is Cc1ccc(Cl)cc1NC(=O)CCNCc1ccccc1Cl. The number of rotatable bonds is 6. The average Bonchev–Trinajstić information content (AvgIpc) is 2.49. The van der Waals surface area contributed by atoms with Crippen LogP contribution in [0.4, 0.5) is 5.69 Å². The van der Waals surface area contributed by atoms with E-state index in [0.29, 0.717) is 24.5 Å². The molecule has 0 aliphatic heterocycles. The molecule has 116 valence electrons. The summed E-state index contributed by atoms with van der Waals surface area (Å²) in [5, 5.41) is 7.43. The minimum atomic E-state index is -0.0444. The number of halogens is 2. The molecule has 0 radical (unpaired) electrons. The molecule has 2 N–H and O–H groups in total. The number of benzene rings is 2. The maximum Gasteiger partial charge on any atom is 0.225 e. The van der Waals surface area contributed by atoms with Gasteiger partial charge in [-0.15, -0.1) is 0 Å². The van der Waals surface area contributed by atoms with Gasteiger partial charge >= 0.3 is 0 Å². The van der Waals surface area contributed by atoms with E-state index in [1.54, 1.807) is 12.1 Å². The van der Waals surface area contributed by atoms with Crippen LogP contribution >= 0.6 is 23.2 Å². The Balaban J connectivity index is 1.76. The van der Waals surface area contributed by atoms with Crippen molar-refractivity contribution in [2.24, 2.45) is 0 Å². The number of amides is 1. The quantitative estimate of drug-likeness (QED) is 0.766. The second-order valence-corrected chi connectivity index (χ2v) is 5.87. The van der Waals surface area contributed by atoms with Gasteiger partial charge in [-0.1, -0.05) is 47.5 Å². The lowest BCUT2D eigenvalue weighted by Crippen LogP contribution is -2.21. The van der Waals surface area contributed by atoms with Crippen LogP contribution in [0.15, 0.2) is 42.5 Å². The van der Waals surface area contributed by atoms with Gasteiger partial charge in [-0.05, 0) is 36.2 Å². The Labute approximate surface area is 140 Å². The summed E-state index contributed by atoms with van der Waals surface area (Å²) in [6, 6.07) is 13.1. The van der Waals surface area contributed by atoms with E-state index in [9.17, 15) is 4.79 Å². The van der Waals surface area contributed by atoms with E-state index >= 15 is 0 Å². The Kier molecular flexibility index (Phi) is 6.25. The lowest BCUT2D eigenvalue weighted by Gasteiger charge is -2.10. The fraction of sp³-hybridized carbons (Fsp3) is 0.235. The molecule has 22 heavy (non-hydrogen) atoms. The van der Waals surface area contributed by atoms with E-state index < -0.39 is 0 Å². The van der Waals surface area contributed by atoms with Gasteiger partial charge in [-0.25, -0.2) is 0 Å². The number of aryl methyl sites for hydroxylation is 1. The summed E-state index contributed by atoms with van der Waals surface area (Å²) < 4.78 is 0. The fourth-order valence-corrected chi connectivity index (χ4v) is 2.38. The Morgan fingerprint density at radius 3 is 2.68 bits per heavy atom. The molecule has 2 aromatic carbocycles. The van der Waals surface area contributed by atoms with Crippen LogP contribution in [0, 0.1) is 6.92 Å². The molecular formula is C17H18Cl2N2O. The zero-order valence-corrected chi connectivity index (χ0v) is 13.8. The third-order valence-corrected chi connectivity index (χ3v) is 3.88. The van der Waals surface area contributed by atoms with Gasteiger partial charge in [0, 0.05) is 35.2 Å². The minimum absolute atomic E-state index is 0.0444. The van der Waals surface area contributed by atoms with E-state index in [-0.39, 0.29) is 5.91 Å². The molecule has 1 amide bonds. The largest absolute Gasteiger partial charge is 0.326 e. The summed E-state index contributed by atoms with van der Waals surface area (Å²) in [6.07, 6.45) is 0.385. The second kappa shape index (κ2) is 8.18. The van der Waals surface area contributed by atoms with Crippen LogP contribution in [0.1, 0.15) is 17.5 Å². The molecule has 0 bridgehead atoms. The van der Waals surface area contributed by atoms with E-state index in [4.69, 9.17) is 23.2 Å². The summed E-state index contributed by atoms with van der Waals surface area (Å²) in [5.74, 6) is -0.0444. The average molecular weight is 337 g/mol. The molecule has 2 aromatic rings. The zero-order valence-electron chi connectivity index (χ0n) is 12.3. The van der Waals surface area contributed by atoms with Crippen molar-refractivity contribution in [1.82, 2.24) is 5.32 Å². The van der Waals surface area contributed by atoms with Crippen molar-refractivity contribution in [3.8, 4) is 0 Å². The van der Waals surface area contributed by atoms with Gasteiger partial charge in [0.2, 0.25) is 5.91 Å². The standard InChI is InChI=1S/C17H18Cl2N2O/c1-12-6-7-14(18)10-16(12)21-17(22)8-9-20-11-13-4-2-3-5-15(13)19/h2-7,10,20H,8-9,11H2,1H3,(H,21,22). The molecule has 0 aliphatic carbocycles. The maximum absolute atomic E-state index is 11.9. The summed E-state index contributed by atoms with van der Waals surface area (Å²) >= 11 is 12.0. The van der Waals surface area contributed by atoms with Crippen molar-refractivity contribution in [3.05, 3.63) is 63.6 Å². The highest BCUT2D eigenvalue weighted by atomic mass is 35.5. The molecule has 0 fully saturated rings. The second-order valence-electron chi connectivity index (χ2n) is 5.03. The molecule has 0 spiro atoms. The number of anilines is 1. The number of carbonyl (C=O) groups is 1. The van der Waals surface area contributed by atoms with Crippen molar-refractivity contribution >= 4 is 34.8 Å². The molecule has 0 atom stereocenters. The molecule has 3 nitrogen and oxygen atoms in total. The van der Waals surface area contributed by atoms with Crippen molar-refractivity contribution in [3.63, 3.8) is 0 Å². The fourth-order valence-electron chi connectivity index (χ4n) is 2.01. The summed E-state index contributed by atoms with van der Waals surface area (Å²) in [7, 11) is 0. The van der Waals surface area contributed by atoms with Crippen LogP contribution in [0.25, 0.3) is 0 Å². The number of hydrogen-bond acceptors (Lipinski definition) is 2. The highest BCUT2D eigenvalue weighted by molar-refractivity contribution is 6.31. The molecule has 0 aromatic heterocycles. The molecule has 0 saturated carbocycles. The van der Waals surface area contributed by atoms with E-state index in [0.717, 1.165) is 21.8 Å². The Morgan fingerprint density at radius 1 is 1.14 bits per heavy atom. The summed E-state index contributed by atoms with van der Waals surface area (Å²) in [6.45, 7) is 3.15. The van der Waals surface area contributed by atoms with Crippen LogP contribution < -0.4 is 10.6 Å². The Hall–Kier alpha value is -1.55. The van der Waals surface area contributed by atoms with Gasteiger partial charge in [0.15, 0.2) is 0 Å². The lowest BCUT2D eigenvalue weighted by molar-refractivity contribution is -0.116. The molecule has 0 saturated heterocycles. The monoisotopic (exact) mass is 336 g/mol. The molecule has 0 aliphatic rings. The first-order chi connectivity index (χ1) is 10.6. The molecule has 5 heteroatoms. The predicted octanol–water partition coefficient (Wildman–Crippen LogP) is 4.42. The van der Waals surface area contributed by atoms with E-state index in [1.807, 2.05) is 37.3 Å². The number of nitrogens with one attached hydrogen (secondary N) is 2. The Morgan fingerprint density at radius 2 is 1.91 bits per heavy atom. The highest BCUT2D eigenvalue weighted by Gasteiger charge is 2.05. The van der Waals surface area contributed by atoms with Crippen LogP contribution in [0.2, 0.25) is 10.0 Å². The van der Waals surface area contributed by atoms with Crippen LogP contribution in [0.5, 0.6) is 0 Å². The minimum Gasteiger partial charge on any atom is -0.326 e. The van der Waals surface area contributed by atoms with E-state index in [2.05, 4.69) is 10.6 Å². The van der Waals surface area contributed by atoms with Crippen molar-refractivity contribution in [2.75, 3.05) is 11.9 Å². The predicted molar refractivity (Wildman–Crippen MR) is 92.6 cm³/mol. The van der Waals surface area contributed by atoms with Gasteiger partial charge in [0.25, 0.3) is 0 Å². The zero-order chi connectivity index (χ0) is 15.9. The first kappa shape index (κ1) is 16.8. The van der Waals surface area contributed by atoms with Crippen LogP contribution in [-0.2, 0) is 11.3 Å². The van der Waals surface area contributed by atoms with Gasteiger partial charge in [0.05, 0.1) is 0 Å². The van der Waals surface area contributed by atoms with Gasteiger partial charge < -0.3 is 10.6 Å². The summed E-state index contributed by atoms with van der Waals surface area (Å²) in [5.41, 5.74) is 2.76. The van der Waals surface area contributed by atoms with Gasteiger partial charge in [-0.2, -0.15) is 0 Å². The molecule has 0 unspecified atom stereocenters.